The van der Waals surface area contributed by atoms with Gasteiger partial charge >= 0.3 is 0 Å². The highest BCUT2D eigenvalue weighted by atomic mass is 16.5. The summed E-state index contributed by atoms with van der Waals surface area (Å²) in [6.07, 6.45) is 4.18. The first-order chi connectivity index (χ1) is 9.70. The minimum Gasteiger partial charge on any atom is -0.492 e. The number of rotatable bonds is 6. The molecule has 4 heteroatoms. The van der Waals surface area contributed by atoms with Crippen LogP contribution in [0.15, 0.2) is 24.3 Å². The number of ether oxygens (including phenoxy) is 1. The van der Waals surface area contributed by atoms with E-state index in [1.54, 1.807) is 0 Å². The third-order valence-electron chi connectivity index (χ3n) is 4.11. The molecule has 2 atom stereocenters. The van der Waals surface area contributed by atoms with Crippen LogP contribution in [0.1, 0.15) is 31.2 Å². The first kappa shape index (κ1) is 15.3. The maximum atomic E-state index is 10.0. The van der Waals surface area contributed by atoms with E-state index in [4.69, 9.17) is 10.5 Å². The van der Waals surface area contributed by atoms with Gasteiger partial charge in [0.05, 0.1) is 6.10 Å². The molecular formula is C16H26N2O2. The molecule has 0 aromatic heterocycles. The van der Waals surface area contributed by atoms with Gasteiger partial charge in [-0.2, -0.15) is 0 Å². The zero-order chi connectivity index (χ0) is 14.4. The van der Waals surface area contributed by atoms with Gasteiger partial charge < -0.3 is 15.6 Å². The van der Waals surface area contributed by atoms with E-state index in [2.05, 4.69) is 11.9 Å². The Kier molecular flexibility index (Phi) is 5.83. The number of hydrogen-bond acceptors (Lipinski definition) is 4. The number of hydrogen-bond donors (Lipinski definition) is 2. The number of benzene rings is 1. The van der Waals surface area contributed by atoms with Crippen LogP contribution in [-0.2, 0) is 6.54 Å². The summed E-state index contributed by atoms with van der Waals surface area (Å²) in [4.78, 5) is 2.22. The molecule has 3 N–H and O–H groups in total. The van der Waals surface area contributed by atoms with Crippen LogP contribution in [0.4, 0.5) is 0 Å². The Morgan fingerprint density at radius 1 is 1.35 bits per heavy atom. The second-order valence-electron chi connectivity index (χ2n) is 5.60. The van der Waals surface area contributed by atoms with E-state index < -0.39 is 0 Å². The zero-order valence-electron chi connectivity index (χ0n) is 12.3. The summed E-state index contributed by atoms with van der Waals surface area (Å²) in [6.45, 7) is 1.99. The first-order valence-electron chi connectivity index (χ1n) is 7.51. The van der Waals surface area contributed by atoms with Gasteiger partial charge in [0.15, 0.2) is 0 Å². The Morgan fingerprint density at radius 3 is 2.90 bits per heavy atom. The molecule has 2 rings (SSSR count). The molecule has 0 bridgehead atoms. The second kappa shape index (κ2) is 7.62. The number of nitrogens with two attached hydrogens (primary N) is 1. The standard InChI is InChI=1S/C16H26N2O2/c1-18(15-7-2-3-8-16(15)19)9-10-20-14-6-4-5-13(11-14)12-17/h4-6,11,15-16,19H,2-3,7-10,12,17H2,1H3. The Bertz CT molecular complexity index is 411. The lowest BCUT2D eigenvalue weighted by Gasteiger charge is -2.35. The van der Waals surface area contributed by atoms with Gasteiger partial charge in [-0.25, -0.2) is 0 Å². The number of aliphatic hydroxyl groups is 1. The van der Waals surface area contributed by atoms with Crippen molar-refractivity contribution in [2.45, 2.75) is 44.4 Å². The maximum absolute atomic E-state index is 10.0. The van der Waals surface area contributed by atoms with Crippen molar-refractivity contribution in [1.82, 2.24) is 4.90 Å². The lowest BCUT2D eigenvalue weighted by atomic mass is 9.92. The van der Waals surface area contributed by atoms with Crippen molar-refractivity contribution in [2.75, 3.05) is 20.2 Å². The largest absolute Gasteiger partial charge is 0.492 e. The van der Waals surface area contributed by atoms with Crippen LogP contribution in [0.5, 0.6) is 5.75 Å². The predicted octanol–water partition coefficient (Wildman–Crippen LogP) is 1.76. The predicted molar refractivity (Wildman–Crippen MR) is 80.7 cm³/mol. The average molecular weight is 278 g/mol. The molecule has 0 radical (unpaired) electrons. The topological polar surface area (TPSA) is 58.7 Å². The van der Waals surface area contributed by atoms with Gasteiger partial charge in [0.1, 0.15) is 12.4 Å². The monoisotopic (exact) mass is 278 g/mol. The Hall–Kier alpha value is -1.10. The van der Waals surface area contributed by atoms with Crippen molar-refractivity contribution in [1.29, 1.82) is 0 Å². The van der Waals surface area contributed by atoms with Crippen LogP contribution in [0.3, 0.4) is 0 Å². The highest BCUT2D eigenvalue weighted by Gasteiger charge is 2.26. The lowest BCUT2D eigenvalue weighted by Crippen LogP contribution is -2.44. The average Bonchev–Trinajstić information content (AvgIpc) is 2.48. The van der Waals surface area contributed by atoms with Gasteiger partial charge in [-0.1, -0.05) is 25.0 Å². The molecule has 1 fully saturated rings. The molecule has 1 aromatic rings. The summed E-state index contributed by atoms with van der Waals surface area (Å²) in [5, 5.41) is 10.0. The molecular weight excluding hydrogens is 252 g/mol. The smallest absolute Gasteiger partial charge is 0.119 e. The Morgan fingerprint density at radius 2 is 2.15 bits per heavy atom. The van der Waals surface area contributed by atoms with Crippen molar-refractivity contribution in [3.05, 3.63) is 29.8 Å². The summed E-state index contributed by atoms with van der Waals surface area (Å²) in [5.41, 5.74) is 6.70. The van der Waals surface area contributed by atoms with E-state index in [1.165, 1.54) is 6.42 Å². The van der Waals surface area contributed by atoms with Crippen LogP contribution in [-0.4, -0.2) is 42.4 Å². The molecule has 112 valence electrons. The van der Waals surface area contributed by atoms with Crippen molar-refractivity contribution < 1.29 is 9.84 Å². The highest BCUT2D eigenvalue weighted by molar-refractivity contribution is 5.28. The van der Waals surface area contributed by atoms with Crippen LogP contribution in [0.25, 0.3) is 0 Å². The summed E-state index contributed by atoms with van der Waals surface area (Å²) in [7, 11) is 2.07. The summed E-state index contributed by atoms with van der Waals surface area (Å²) < 4.78 is 5.77. The minimum atomic E-state index is -0.186. The van der Waals surface area contributed by atoms with Crippen molar-refractivity contribution in [3.63, 3.8) is 0 Å². The van der Waals surface area contributed by atoms with Gasteiger partial charge in [0.25, 0.3) is 0 Å². The van der Waals surface area contributed by atoms with Crippen LogP contribution >= 0.6 is 0 Å². The van der Waals surface area contributed by atoms with E-state index in [1.807, 2.05) is 24.3 Å². The van der Waals surface area contributed by atoms with Crippen molar-refractivity contribution in [2.24, 2.45) is 5.73 Å². The van der Waals surface area contributed by atoms with Gasteiger partial charge in [0, 0.05) is 19.1 Å². The van der Waals surface area contributed by atoms with Crippen molar-refractivity contribution >= 4 is 0 Å². The van der Waals surface area contributed by atoms with E-state index in [-0.39, 0.29) is 12.1 Å². The fraction of sp³-hybridized carbons (Fsp3) is 0.625. The van der Waals surface area contributed by atoms with E-state index in [9.17, 15) is 5.11 Å². The molecule has 1 aliphatic rings. The van der Waals surface area contributed by atoms with Crippen molar-refractivity contribution in [3.8, 4) is 5.75 Å². The zero-order valence-corrected chi connectivity index (χ0v) is 12.3. The maximum Gasteiger partial charge on any atom is 0.119 e. The van der Waals surface area contributed by atoms with Crippen LogP contribution in [0, 0.1) is 0 Å². The fourth-order valence-corrected chi connectivity index (χ4v) is 2.84. The quantitative estimate of drug-likeness (QED) is 0.832. The normalized spacial score (nSPS) is 23.0. The number of nitrogens with zero attached hydrogens (tertiary/aromatic N) is 1. The van der Waals surface area contributed by atoms with Gasteiger partial charge in [-0.3, -0.25) is 4.90 Å². The lowest BCUT2D eigenvalue weighted by molar-refractivity contribution is 0.0272. The van der Waals surface area contributed by atoms with Gasteiger partial charge in [0.2, 0.25) is 0 Å². The number of aliphatic hydroxyl groups excluding tert-OH is 1. The molecule has 2 unspecified atom stereocenters. The molecule has 20 heavy (non-hydrogen) atoms. The molecule has 0 saturated heterocycles. The van der Waals surface area contributed by atoms with Gasteiger partial charge in [-0.05, 0) is 37.6 Å². The molecule has 0 heterocycles. The molecule has 0 aliphatic heterocycles. The highest BCUT2D eigenvalue weighted by Crippen LogP contribution is 2.22. The first-order valence-corrected chi connectivity index (χ1v) is 7.51. The Balaban J connectivity index is 1.77. The van der Waals surface area contributed by atoms with Crippen LogP contribution < -0.4 is 10.5 Å². The van der Waals surface area contributed by atoms with E-state index >= 15 is 0 Å². The molecule has 1 aliphatic carbocycles. The second-order valence-corrected chi connectivity index (χ2v) is 5.60. The van der Waals surface area contributed by atoms with E-state index in [0.717, 1.165) is 37.1 Å². The molecule has 0 amide bonds. The van der Waals surface area contributed by atoms with E-state index in [0.29, 0.717) is 13.2 Å². The number of likely N-dealkylation sites (N-methyl/N-ethyl adjacent to an activating group) is 1. The molecule has 1 saturated carbocycles. The third kappa shape index (κ3) is 4.20. The van der Waals surface area contributed by atoms with Gasteiger partial charge in [-0.15, -0.1) is 0 Å². The third-order valence-corrected chi connectivity index (χ3v) is 4.11. The summed E-state index contributed by atoms with van der Waals surface area (Å²) in [5.74, 6) is 0.866. The Labute approximate surface area is 121 Å². The SMILES string of the molecule is CN(CCOc1cccc(CN)c1)C1CCCCC1O. The summed E-state index contributed by atoms with van der Waals surface area (Å²) in [6, 6.07) is 8.18. The minimum absolute atomic E-state index is 0.186. The molecule has 4 nitrogen and oxygen atoms in total. The fourth-order valence-electron chi connectivity index (χ4n) is 2.84. The molecule has 0 spiro atoms. The van der Waals surface area contributed by atoms with Crippen LogP contribution in [0.2, 0.25) is 0 Å². The summed E-state index contributed by atoms with van der Waals surface area (Å²) >= 11 is 0. The molecule has 1 aromatic carbocycles.